The molecule has 0 unspecified atom stereocenters. The molecular weight excluding hydrogens is 469 g/mol. The third-order valence-electron chi connectivity index (χ3n) is 3.70. The first-order chi connectivity index (χ1) is 13.4. The van der Waals surface area contributed by atoms with E-state index in [2.05, 4.69) is 31.5 Å². The van der Waals surface area contributed by atoms with Crippen molar-refractivity contribution >= 4 is 55.8 Å². The Kier molecular flexibility index (Phi) is 6.77. The van der Waals surface area contributed by atoms with Crippen LogP contribution in [0.4, 0.5) is 9.52 Å². The number of carbonyl (C=O) groups is 2. The highest BCUT2D eigenvalue weighted by atomic mass is 79.9. The Balaban J connectivity index is 1.50. The molecule has 9 heteroatoms. The van der Waals surface area contributed by atoms with Gasteiger partial charge in [-0.2, -0.15) is 0 Å². The number of rotatable bonds is 6. The molecule has 0 radical (unpaired) electrons. The summed E-state index contributed by atoms with van der Waals surface area (Å²) >= 11 is 10.4. The maximum atomic E-state index is 13.3. The van der Waals surface area contributed by atoms with Gasteiger partial charge in [-0.1, -0.05) is 23.7 Å². The van der Waals surface area contributed by atoms with Crippen LogP contribution in [0.3, 0.4) is 0 Å². The Morgan fingerprint density at radius 1 is 1.18 bits per heavy atom. The molecule has 28 heavy (non-hydrogen) atoms. The predicted octanol–water partition coefficient (Wildman–Crippen LogP) is 5.12. The summed E-state index contributed by atoms with van der Waals surface area (Å²) in [6.45, 7) is 0.114. The topological polar surface area (TPSA) is 71.1 Å². The molecule has 0 bridgehead atoms. The SMILES string of the molecule is O=C(CCNC(=O)c1cc(F)ccc1Br)Nc1nc(-c2ccc(Cl)cc2)cs1. The van der Waals surface area contributed by atoms with Crippen LogP contribution in [0.5, 0.6) is 0 Å². The van der Waals surface area contributed by atoms with Gasteiger partial charge in [0, 0.05) is 33.4 Å². The van der Waals surface area contributed by atoms with E-state index >= 15 is 0 Å². The average molecular weight is 483 g/mol. The summed E-state index contributed by atoms with van der Waals surface area (Å²) in [5, 5.41) is 8.23. The number of halogens is 3. The van der Waals surface area contributed by atoms with Gasteiger partial charge in [0.1, 0.15) is 5.82 Å². The molecule has 0 atom stereocenters. The van der Waals surface area contributed by atoms with Crippen molar-refractivity contribution in [3.05, 3.63) is 68.7 Å². The number of amides is 2. The van der Waals surface area contributed by atoms with Gasteiger partial charge in [-0.05, 0) is 46.3 Å². The van der Waals surface area contributed by atoms with Crippen LogP contribution >= 0.6 is 38.9 Å². The van der Waals surface area contributed by atoms with Gasteiger partial charge in [0.25, 0.3) is 5.91 Å². The van der Waals surface area contributed by atoms with E-state index in [0.717, 1.165) is 17.3 Å². The summed E-state index contributed by atoms with van der Waals surface area (Å²) < 4.78 is 13.7. The summed E-state index contributed by atoms with van der Waals surface area (Å²) in [5.41, 5.74) is 1.81. The molecule has 0 saturated carbocycles. The second-order valence-corrected chi connectivity index (χ2v) is 7.87. The minimum absolute atomic E-state index is 0.0640. The number of nitrogens with zero attached hydrogens (tertiary/aromatic N) is 1. The molecular formula is C19H14BrClFN3O2S. The molecule has 3 rings (SSSR count). The van der Waals surface area contributed by atoms with Crippen molar-refractivity contribution in [2.24, 2.45) is 0 Å². The zero-order valence-electron chi connectivity index (χ0n) is 14.3. The van der Waals surface area contributed by atoms with Gasteiger partial charge in [-0.15, -0.1) is 11.3 Å². The lowest BCUT2D eigenvalue weighted by molar-refractivity contribution is -0.116. The standard InChI is InChI=1S/C19H14BrClFN3O2S/c20-15-6-5-13(22)9-14(15)18(27)23-8-7-17(26)25-19-24-16(10-28-19)11-1-3-12(21)4-2-11/h1-6,9-10H,7-8H2,(H,23,27)(H,24,25,26). The van der Waals surface area contributed by atoms with Crippen molar-refractivity contribution in [1.29, 1.82) is 0 Å². The highest BCUT2D eigenvalue weighted by Gasteiger charge is 2.12. The number of anilines is 1. The lowest BCUT2D eigenvalue weighted by atomic mass is 10.2. The minimum atomic E-state index is -0.508. The highest BCUT2D eigenvalue weighted by Crippen LogP contribution is 2.26. The van der Waals surface area contributed by atoms with Crippen molar-refractivity contribution in [2.75, 3.05) is 11.9 Å². The zero-order chi connectivity index (χ0) is 20.1. The van der Waals surface area contributed by atoms with Crippen molar-refractivity contribution in [1.82, 2.24) is 10.3 Å². The largest absolute Gasteiger partial charge is 0.351 e. The molecule has 5 nitrogen and oxygen atoms in total. The number of carbonyl (C=O) groups excluding carboxylic acids is 2. The smallest absolute Gasteiger partial charge is 0.252 e. The molecule has 0 aliphatic heterocycles. The number of thiazole rings is 1. The van der Waals surface area contributed by atoms with Gasteiger partial charge in [0.05, 0.1) is 11.3 Å². The fraction of sp³-hybridized carbons (Fsp3) is 0.105. The average Bonchev–Trinajstić information content (AvgIpc) is 3.12. The van der Waals surface area contributed by atoms with Crippen molar-refractivity contribution in [3.63, 3.8) is 0 Å². The molecule has 0 aliphatic rings. The van der Waals surface area contributed by atoms with Crippen LogP contribution in [0.1, 0.15) is 16.8 Å². The molecule has 0 fully saturated rings. The summed E-state index contributed by atoms with van der Waals surface area (Å²) in [6.07, 6.45) is 0.0640. The lowest BCUT2D eigenvalue weighted by Crippen LogP contribution is -2.28. The Labute approximate surface area is 178 Å². The van der Waals surface area contributed by atoms with Crippen LogP contribution in [0.25, 0.3) is 11.3 Å². The maximum absolute atomic E-state index is 13.3. The first-order valence-corrected chi connectivity index (χ1v) is 10.2. The second-order valence-electron chi connectivity index (χ2n) is 5.72. The number of nitrogens with one attached hydrogen (secondary N) is 2. The molecule has 1 aromatic heterocycles. The van der Waals surface area contributed by atoms with Gasteiger partial charge in [0.2, 0.25) is 5.91 Å². The van der Waals surface area contributed by atoms with Gasteiger partial charge >= 0.3 is 0 Å². The molecule has 0 aliphatic carbocycles. The van der Waals surface area contributed by atoms with Crippen LogP contribution in [0.15, 0.2) is 52.3 Å². The number of aromatic nitrogens is 1. The normalized spacial score (nSPS) is 10.5. The van der Waals surface area contributed by atoms with E-state index in [4.69, 9.17) is 11.6 Å². The molecule has 2 N–H and O–H groups in total. The Morgan fingerprint density at radius 3 is 2.68 bits per heavy atom. The fourth-order valence-electron chi connectivity index (χ4n) is 2.32. The lowest BCUT2D eigenvalue weighted by Gasteiger charge is -2.07. The third kappa shape index (κ3) is 5.37. The van der Waals surface area contributed by atoms with E-state index in [1.54, 1.807) is 12.1 Å². The number of hydrogen-bond acceptors (Lipinski definition) is 4. The van der Waals surface area contributed by atoms with E-state index in [1.807, 2.05) is 17.5 Å². The molecule has 0 spiro atoms. The minimum Gasteiger partial charge on any atom is -0.351 e. The van der Waals surface area contributed by atoms with E-state index in [1.165, 1.54) is 23.5 Å². The van der Waals surface area contributed by atoms with Gasteiger partial charge in [-0.25, -0.2) is 9.37 Å². The molecule has 1 heterocycles. The van der Waals surface area contributed by atoms with E-state index < -0.39 is 11.7 Å². The number of hydrogen-bond donors (Lipinski definition) is 2. The van der Waals surface area contributed by atoms with Crippen LogP contribution < -0.4 is 10.6 Å². The van der Waals surface area contributed by atoms with Gasteiger partial charge in [-0.3, -0.25) is 9.59 Å². The molecule has 0 saturated heterocycles. The van der Waals surface area contributed by atoms with Crippen molar-refractivity contribution in [3.8, 4) is 11.3 Å². The van der Waals surface area contributed by atoms with Crippen LogP contribution in [-0.4, -0.2) is 23.3 Å². The number of benzene rings is 2. The van der Waals surface area contributed by atoms with Gasteiger partial charge in [0.15, 0.2) is 5.13 Å². The fourth-order valence-corrected chi connectivity index (χ4v) is 3.61. The van der Waals surface area contributed by atoms with Crippen molar-refractivity contribution < 1.29 is 14.0 Å². The highest BCUT2D eigenvalue weighted by molar-refractivity contribution is 9.10. The van der Waals surface area contributed by atoms with Crippen LogP contribution in [0, 0.1) is 5.82 Å². The van der Waals surface area contributed by atoms with E-state index in [0.29, 0.717) is 14.6 Å². The van der Waals surface area contributed by atoms with E-state index in [-0.39, 0.29) is 24.4 Å². The third-order valence-corrected chi connectivity index (χ3v) is 5.40. The first kappa shape index (κ1) is 20.4. The molecule has 2 aromatic carbocycles. The molecule has 3 aromatic rings. The molecule has 2 amide bonds. The first-order valence-electron chi connectivity index (χ1n) is 8.17. The Hall–Kier alpha value is -2.29. The van der Waals surface area contributed by atoms with Crippen LogP contribution in [-0.2, 0) is 4.79 Å². The van der Waals surface area contributed by atoms with E-state index in [9.17, 15) is 14.0 Å². The predicted molar refractivity (Wildman–Crippen MR) is 112 cm³/mol. The zero-order valence-corrected chi connectivity index (χ0v) is 17.5. The summed E-state index contributed by atoms with van der Waals surface area (Å²) in [4.78, 5) is 28.5. The monoisotopic (exact) mass is 481 g/mol. The van der Waals surface area contributed by atoms with Crippen molar-refractivity contribution in [2.45, 2.75) is 6.42 Å². The Bertz CT molecular complexity index is 1010. The summed E-state index contributed by atoms with van der Waals surface area (Å²) in [5.74, 6) is -1.25. The molecule has 144 valence electrons. The maximum Gasteiger partial charge on any atom is 0.252 e. The van der Waals surface area contributed by atoms with Gasteiger partial charge < -0.3 is 10.6 Å². The Morgan fingerprint density at radius 2 is 1.93 bits per heavy atom. The summed E-state index contributed by atoms with van der Waals surface area (Å²) in [7, 11) is 0. The second kappa shape index (κ2) is 9.27. The quantitative estimate of drug-likeness (QED) is 0.512. The summed E-state index contributed by atoms with van der Waals surface area (Å²) in [6, 6.07) is 11.1. The van der Waals surface area contributed by atoms with Crippen LogP contribution in [0.2, 0.25) is 5.02 Å².